The molecule has 26 heavy (non-hydrogen) atoms. The Bertz CT molecular complexity index is 879. The fourth-order valence-electron chi connectivity index (χ4n) is 3.42. The molecule has 0 saturated carbocycles. The first-order valence-corrected chi connectivity index (χ1v) is 8.89. The molecule has 0 bridgehead atoms. The summed E-state index contributed by atoms with van der Waals surface area (Å²) in [6.45, 7) is 6.00. The second kappa shape index (κ2) is 6.81. The number of aromatic amines is 1. The van der Waals surface area contributed by atoms with Gasteiger partial charge in [-0.05, 0) is 37.1 Å². The third-order valence-electron chi connectivity index (χ3n) is 5.14. The average molecular weight is 357 g/mol. The minimum absolute atomic E-state index is 0.286. The van der Waals surface area contributed by atoms with E-state index in [1.54, 1.807) is 6.20 Å². The van der Waals surface area contributed by atoms with Crippen LogP contribution in [-0.2, 0) is 24.9 Å². The number of likely N-dealkylation sites (tertiary alicyclic amines) is 1. The van der Waals surface area contributed by atoms with E-state index in [9.17, 15) is 4.39 Å². The SMILES string of the molecule is Cc1cc2nc(COC3CN(Cc4nccn4C)CC3F)[nH]c2cc1C. The molecule has 1 aliphatic rings. The summed E-state index contributed by atoms with van der Waals surface area (Å²) in [5, 5.41) is 0. The topological polar surface area (TPSA) is 59.0 Å². The fourth-order valence-corrected chi connectivity index (χ4v) is 3.42. The van der Waals surface area contributed by atoms with E-state index in [1.807, 2.05) is 22.7 Å². The molecule has 0 spiro atoms. The number of rotatable bonds is 5. The van der Waals surface area contributed by atoms with Crippen molar-refractivity contribution >= 4 is 11.0 Å². The molecule has 0 amide bonds. The number of hydrogen-bond donors (Lipinski definition) is 1. The van der Waals surface area contributed by atoms with Crippen LogP contribution < -0.4 is 0 Å². The predicted molar refractivity (Wildman–Crippen MR) is 97.5 cm³/mol. The van der Waals surface area contributed by atoms with Crippen molar-refractivity contribution in [2.75, 3.05) is 13.1 Å². The Hall–Kier alpha value is -2.25. The molecule has 7 heteroatoms. The molecule has 6 nitrogen and oxygen atoms in total. The molecule has 1 saturated heterocycles. The van der Waals surface area contributed by atoms with Crippen LogP contribution in [0.25, 0.3) is 11.0 Å². The number of nitrogens with zero attached hydrogens (tertiary/aromatic N) is 4. The molecule has 2 unspecified atom stereocenters. The third-order valence-corrected chi connectivity index (χ3v) is 5.14. The number of fused-ring (bicyclic) bond motifs is 1. The monoisotopic (exact) mass is 357 g/mol. The quantitative estimate of drug-likeness (QED) is 0.763. The summed E-state index contributed by atoms with van der Waals surface area (Å²) >= 11 is 0. The largest absolute Gasteiger partial charge is 0.366 e. The van der Waals surface area contributed by atoms with E-state index in [0.29, 0.717) is 19.6 Å². The normalized spacial score (nSPS) is 21.1. The van der Waals surface area contributed by atoms with E-state index < -0.39 is 12.3 Å². The zero-order chi connectivity index (χ0) is 18.3. The Morgan fingerprint density at radius 2 is 2.08 bits per heavy atom. The zero-order valence-electron chi connectivity index (χ0n) is 15.4. The number of aromatic nitrogens is 4. The maximum atomic E-state index is 14.4. The number of imidazole rings is 2. The summed E-state index contributed by atoms with van der Waals surface area (Å²) in [7, 11) is 1.95. The van der Waals surface area contributed by atoms with Gasteiger partial charge in [0.25, 0.3) is 0 Å². The predicted octanol–water partition coefficient (Wildman–Crippen LogP) is 2.65. The van der Waals surface area contributed by atoms with Crippen molar-refractivity contribution in [3.05, 3.63) is 47.3 Å². The molecule has 1 N–H and O–H groups in total. The highest BCUT2D eigenvalue weighted by Crippen LogP contribution is 2.21. The van der Waals surface area contributed by atoms with Crippen LogP contribution in [0, 0.1) is 13.8 Å². The van der Waals surface area contributed by atoms with Gasteiger partial charge >= 0.3 is 0 Å². The maximum Gasteiger partial charge on any atom is 0.140 e. The number of H-pyrrole nitrogens is 1. The highest BCUT2D eigenvalue weighted by Gasteiger charge is 2.34. The molecule has 1 aromatic carbocycles. The smallest absolute Gasteiger partial charge is 0.140 e. The lowest BCUT2D eigenvalue weighted by Crippen LogP contribution is -2.25. The van der Waals surface area contributed by atoms with E-state index in [2.05, 4.69) is 40.9 Å². The van der Waals surface area contributed by atoms with Crippen LogP contribution in [0.5, 0.6) is 0 Å². The van der Waals surface area contributed by atoms with Gasteiger partial charge in [0, 0.05) is 32.5 Å². The van der Waals surface area contributed by atoms with E-state index in [-0.39, 0.29) is 6.61 Å². The maximum absolute atomic E-state index is 14.4. The molecular formula is C19H24FN5O. The van der Waals surface area contributed by atoms with Crippen molar-refractivity contribution in [3.8, 4) is 0 Å². The standard InChI is InChI=1S/C19H24FN5O/c1-12-6-15-16(7-13(12)2)23-18(22-15)11-26-17-9-25(8-14(17)20)10-19-21-4-5-24(19)3/h4-7,14,17H,8-11H2,1-3H3,(H,22,23). The average Bonchev–Trinajstić information content (AvgIpc) is 3.26. The number of aryl methyl sites for hydroxylation is 3. The Labute approximate surface area is 152 Å². The Balaban J connectivity index is 1.38. The number of halogens is 1. The molecule has 3 heterocycles. The fraction of sp³-hybridized carbons (Fsp3) is 0.474. The summed E-state index contributed by atoms with van der Waals surface area (Å²) in [6.07, 6.45) is 2.23. The molecule has 2 atom stereocenters. The van der Waals surface area contributed by atoms with Gasteiger partial charge in [0.2, 0.25) is 0 Å². The number of nitrogens with one attached hydrogen (secondary N) is 1. The van der Waals surface area contributed by atoms with Gasteiger partial charge in [-0.25, -0.2) is 14.4 Å². The summed E-state index contributed by atoms with van der Waals surface area (Å²) in [5.74, 6) is 1.67. The van der Waals surface area contributed by atoms with Crippen molar-refractivity contribution in [2.24, 2.45) is 7.05 Å². The van der Waals surface area contributed by atoms with Gasteiger partial charge in [-0.1, -0.05) is 0 Å². The van der Waals surface area contributed by atoms with Crippen molar-refractivity contribution < 1.29 is 9.13 Å². The summed E-state index contributed by atoms with van der Waals surface area (Å²) in [6, 6.07) is 4.15. The number of ether oxygens (including phenoxy) is 1. The van der Waals surface area contributed by atoms with Crippen LogP contribution >= 0.6 is 0 Å². The first-order valence-electron chi connectivity index (χ1n) is 8.89. The van der Waals surface area contributed by atoms with Crippen molar-refractivity contribution in [3.63, 3.8) is 0 Å². The van der Waals surface area contributed by atoms with Crippen LogP contribution in [0.3, 0.4) is 0 Å². The molecule has 1 fully saturated rings. The number of hydrogen-bond acceptors (Lipinski definition) is 4. The molecule has 2 aromatic heterocycles. The highest BCUT2D eigenvalue weighted by atomic mass is 19.1. The number of alkyl halides is 1. The molecular weight excluding hydrogens is 333 g/mol. The minimum atomic E-state index is -0.996. The third kappa shape index (κ3) is 3.37. The highest BCUT2D eigenvalue weighted by molar-refractivity contribution is 5.77. The Morgan fingerprint density at radius 3 is 2.85 bits per heavy atom. The van der Waals surface area contributed by atoms with Crippen LogP contribution in [0.1, 0.15) is 22.8 Å². The lowest BCUT2D eigenvalue weighted by molar-refractivity contribution is 0.00857. The number of benzene rings is 1. The van der Waals surface area contributed by atoms with E-state index in [4.69, 9.17) is 4.74 Å². The Morgan fingerprint density at radius 1 is 1.27 bits per heavy atom. The van der Waals surface area contributed by atoms with Crippen molar-refractivity contribution in [1.29, 1.82) is 0 Å². The van der Waals surface area contributed by atoms with Gasteiger partial charge in [-0.2, -0.15) is 0 Å². The van der Waals surface area contributed by atoms with Gasteiger partial charge in [-0.15, -0.1) is 0 Å². The summed E-state index contributed by atoms with van der Waals surface area (Å²) < 4.78 is 22.1. The van der Waals surface area contributed by atoms with Gasteiger partial charge in [-0.3, -0.25) is 4.90 Å². The van der Waals surface area contributed by atoms with Gasteiger partial charge in [0.15, 0.2) is 0 Å². The summed E-state index contributed by atoms with van der Waals surface area (Å²) in [5.41, 5.74) is 4.34. The van der Waals surface area contributed by atoms with Crippen molar-refractivity contribution in [1.82, 2.24) is 24.4 Å². The van der Waals surface area contributed by atoms with Crippen LogP contribution in [-0.4, -0.2) is 49.8 Å². The van der Waals surface area contributed by atoms with Crippen molar-refractivity contribution in [2.45, 2.75) is 39.3 Å². The minimum Gasteiger partial charge on any atom is -0.366 e. The van der Waals surface area contributed by atoms with E-state index >= 15 is 0 Å². The van der Waals surface area contributed by atoms with Gasteiger partial charge < -0.3 is 14.3 Å². The molecule has 4 rings (SSSR count). The van der Waals surface area contributed by atoms with Crippen LogP contribution in [0.4, 0.5) is 4.39 Å². The molecule has 0 aliphatic carbocycles. The molecule has 138 valence electrons. The molecule has 1 aliphatic heterocycles. The Kier molecular flexibility index (Phi) is 4.50. The van der Waals surface area contributed by atoms with E-state index in [1.165, 1.54) is 11.1 Å². The second-order valence-corrected chi connectivity index (χ2v) is 7.15. The molecule has 3 aromatic rings. The van der Waals surface area contributed by atoms with Gasteiger partial charge in [0.05, 0.1) is 17.6 Å². The first kappa shape index (κ1) is 17.2. The summed E-state index contributed by atoms with van der Waals surface area (Å²) in [4.78, 5) is 14.2. The second-order valence-electron chi connectivity index (χ2n) is 7.15. The van der Waals surface area contributed by atoms with Gasteiger partial charge in [0.1, 0.15) is 30.5 Å². The van der Waals surface area contributed by atoms with E-state index in [0.717, 1.165) is 22.7 Å². The molecule has 0 radical (unpaired) electrons. The van der Waals surface area contributed by atoms with Crippen LogP contribution in [0.2, 0.25) is 0 Å². The van der Waals surface area contributed by atoms with Crippen LogP contribution in [0.15, 0.2) is 24.5 Å². The first-order chi connectivity index (χ1) is 12.5. The zero-order valence-corrected chi connectivity index (χ0v) is 15.4. The lowest BCUT2D eigenvalue weighted by atomic mass is 10.1. The lowest BCUT2D eigenvalue weighted by Gasteiger charge is -2.15.